The van der Waals surface area contributed by atoms with Gasteiger partial charge in [0.15, 0.2) is 0 Å². The molecule has 0 rings (SSSR count). The maximum absolute atomic E-state index is 9.12. The first-order valence-electron chi connectivity index (χ1n) is 3.09. The topological polar surface area (TPSA) is 120 Å². The van der Waals surface area contributed by atoms with Crippen LogP contribution in [-0.4, -0.2) is 62.8 Å². The number of hydrogen-bond acceptors (Lipinski definition) is 6. The molecule has 0 atom stereocenters. The second-order valence-electron chi connectivity index (χ2n) is 1.52. The van der Waals surface area contributed by atoms with Gasteiger partial charge in [-0.15, -0.1) is 34.8 Å². The van der Waals surface area contributed by atoms with Gasteiger partial charge < -0.3 is 29.7 Å². The minimum absolute atomic E-state index is 0. The molecule has 17 heavy (non-hydrogen) atoms. The molecule has 0 N–H and O–H groups in total. The zero-order chi connectivity index (χ0) is 12.9. The molecule has 92 valence electrons. The van der Waals surface area contributed by atoms with Gasteiger partial charge in [0, 0.05) is 0 Å². The molecule has 0 saturated heterocycles. The van der Waals surface area contributed by atoms with Crippen molar-refractivity contribution >= 4 is 80.0 Å². The molecule has 0 aromatic carbocycles. The maximum Gasteiger partial charge on any atom is 2.00 e. The number of hydrogen-bond donors (Lipinski definition) is 0. The SMILES string of the molecule is O=C([O-])CCl.O=C([O-])CCl.O=C([O-])CCl.[Na+].[Pb+2]. The summed E-state index contributed by atoms with van der Waals surface area (Å²) in [7, 11) is 0. The summed E-state index contributed by atoms with van der Waals surface area (Å²) in [5, 5.41) is 27.4. The maximum atomic E-state index is 9.12. The second-order valence-corrected chi connectivity index (χ2v) is 2.32. The third kappa shape index (κ3) is 76.6. The Morgan fingerprint density at radius 1 is 0.706 bits per heavy atom. The molecule has 0 aliphatic carbocycles. The zero-order valence-electron chi connectivity index (χ0n) is 8.70. The molecule has 0 aliphatic rings. The van der Waals surface area contributed by atoms with Crippen LogP contribution in [0.2, 0.25) is 0 Å². The van der Waals surface area contributed by atoms with Crippen molar-refractivity contribution in [3.8, 4) is 0 Å². The summed E-state index contributed by atoms with van der Waals surface area (Å²) in [6.45, 7) is 0. The number of carboxylic acids is 3. The van der Waals surface area contributed by atoms with Crippen LogP contribution in [0.4, 0.5) is 0 Å². The van der Waals surface area contributed by atoms with E-state index in [2.05, 4.69) is 34.8 Å². The molecular formula is C6H6Cl3NaO6Pb. The molecule has 0 unspecified atom stereocenters. The van der Waals surface area contributed by atoms with Gasteiger partial charge in [-0.05, 0) is 0 Å². The van der Waals surface area contributed by atoms with Crippen LogP contribution in [0.15, 0.2) is 0 Å². The van der Waals surface area contributed by atoms with E-state index in [1.165, 1.54) is 0 Å². The summed E-state index contributed by atoms with van der Waals surface area (Å²) in [5.41, 5.74) is 0. The van der Waals surface area contributed by atoms with E-state index < -0.39 is 35.5 Å². The molecule has 0 saturated carbocycles. The minimum Gasteiger partial charge on any atom is -0.549 e. The molecule has 0 amide bonds. The summed E-state index contributed by atoms with van der Waals surface area (Å²) in [5.74, 6) is -4.94. The van der Waals surface area contributed by atoms with Crippen molar-refractivity contribution < 1.29 is 59.3 Å². The van der Waals surface area contributed by atoms with Crippen molar-refractivity contribution in [3.05, 3.63) is 0 Å². The van der Waals surface area contributed by atoms with E-state index in [9.17, 15) is 0 Å². The molecule has 0 bridgehead atoms. The van der Waals surface area contributed by atoms with Gasteiger partial charge in [0.05, 0.1) is 35.5 Å². The molecule has 11 heteroatoms. The Kier molecular flexibility index (Phi) is 47.1. The molecule has 6 nitrogen and oxygen atoms in total. The summed E-state index contributed by atoms with van der Waals surface area (Å²) >= 11 is 14.0. The average Bonchev–Trinajstić information content (AvgIpc) is 2.19. The van der Waals surface area contributed by atoms with E-state index in [0.29, 0.717) is 0 Å². The van der Waals surface area contributed by atoms with Crippen LogP contribution in [-0.2, 0) is 14.4 Å². The van der Waals surface area contributed by atoms with Gasteiger partial charge in [-0.3, -0.25) is 0 Å². The van der Waals surface area contributed by atoms with Crippen LogP contribution >= 0.6 is 34.8 Å². The second kappa shape index (κ2) is 25.9. The van der Waals surface area contributed by atoms with E-state index in [0.717, 1.165) is 0 Å². The fourth-order valence-corrected chi connectivity index (χ4v) is 0. The molecule has 0 spiro atoms. The van der Waals surface area contributed by atoms with E-state index in [-0.39, 0.29) is 56.9 Å². The van der Waals surface area contributed by atoms with Crippen molar-refractivity contribution in [1.82, 2.24) is 0 Å². The zero-order valence-corrected chi connectivity index (χ0v) is 16.9. The van der Waals surface area contributed by atoms with Crippen molar-refractivity contribution in [3.63, 3.8) is 0 Å². The Labute approximate surface area is 155 Å². The summed E-state index contributed by atoms with van der Waals surface area (Å²) < 4.78 is 0. The Balaban J connectivity index is -0.0000000400. The predicted molar refractivity (Wildman–Crippen MR) is 52.9 cm³/mol. The van der Waals surface area contributed by atoms with Crippen molar-refractivity contribution in [2.24, 2.45) is 0 Å². The van der Waals surface area contributed by atoms with E-state index in [4.69, 9.17) is 29.7 Å². The Morgan fingerprint density at radius 3 is 0.765 bits per heavy atom. The Bertz CT molecular complexity index is 173. The normalized spacial score (nSPS) is 6.53. The summed E-state index contributed by atoms with van der Waals surface area (Å²) in [6, 6.07) is 0. The number of carbonyl (C=O) groups excluding carboxylic acids is 3. The number of halogens is 3. The van der Waals surface area contributed by atoms with Crippen LogP contribution in [0.1, 0.15) is 0 Å². The minimum atomic E-state index is -1.23. The number of carbonyl (C=O) groups is 3. The van der Waals surface area contributed by atoms with Gasteiger partial charge in [0.1, 0.15) is 0 Å². The first-order chi connectivity index (χ1) is 6.81. The largest absolute Gasteiger partial charge is 2.00 e. The predicted octanol–water partition coefficient (Wildman–Crippen LogP) is -6.45. The monoisotopic (exact) mass is 510 g/mol. The van der Waals surface area contributed by atoms with Crippen molar-refractivity contribution in [2.45, 2.75) is 0 Å². The first kappa shape index (κ1) is 30.9. The smallest absolute Gasteiger partial charge is 0.549 e. The summed E-state index contributed by atoms with van der Waals surface area (Å²) in [4.78, 5) is 27.4. The van der Waals surface area contributed by atoms with Gasteiger partial charge in [-0.2, -0.15) is 0 Å². The van der Waals surface area contributed by atoms with E-state index in [1.54, 1.807) is 0 Å². The summed E-state index contributed by atoms with van der Waals surface area (Å²) in [6.07, 6.45) is 0. The Morgan fingerprint density at radius 2 is 0.765 bits per heavy atom. The number of carboxylic acid groups (broad SMARTS) is 3. The van der Waals surface area contributed by atoms with Crippen molar-refractivity contribution in [1.29, 1.82) is 0 Å². The first-order valence-corrected chi connectivity index (χ1v) is 4.69. The van der Waals surface area contributed by atoms with E-state index in [1.807, 2.05) is 0 Å². The van der Waals surface area contributed by atoms with Crippen molar-refractivity contribution in [2.75, 3.05) is 17.6 Å². The van der Waals surface area contributed by atoms with E-state index >= 15 is 0 Å². The van der Waals surface area contributed by atoms with Gasteiger partial charge >= 0.3 is 56.9 Å². The third-order valence-electron chi connectivity index (χ3n) is 0.327. The molecule has 0 aromatic rings. The fourth-order valence-electron chi connectivity index (χ4n) is 0. The van der Waals surface area contributed by atoms with Gasteiger partial charge in [-0.1, -0.05) is 0 Å². The Hall–Kier alpha value is 1.20. The van der Waals surface area contributed by atoms with Crippen LogP contribution < -0.4 is 44.9 Å². The molecule has 0 fully saturated rings. The van der Waals surface area contributed by atoms with Gasteiger partial charge in [0.25, 0.3) is 0 Å². The van der Waals surface area contributed by atoms with Crippen LogP contribution in [0, 0.1) is 0 Å². The van der Waals surface area contributed by atoms with Gasteiger partial charge in [-0.25, -0.2) is 0 Å². The van der Waals surface area contributed by atoms with Crippen LogP contribution in [0.5, 0.6) is 0 Å². The standard InChI is InChI=1S/3C2H3ClO2.Na.Pb/c3*3-1-2(4)5;;/h3*1H2,(H,4,5);;/q;;;+1;+2/p-3. The van der Waals surface area contributed by atoms with Crippen LogP contribution in [0.3, 0.4) is 0 Å². The molecule has 2 radical (unpaired) electrons. The number of rotatable bonds is 3. The third-order valence-corrected chi connectivity index (χ3v) is 0.982. The number of alkyl halides is 3. The fraction of sp³-hybridized carbons (Fsp3) is 0.500. The quantitative estimate of drug-likeness (QED) is 0.275. The molecule has 0 heterocycles. The van der Waals surface area contributed by atoms with Gasteiger partial charge in [0.2, 0.25) is 0 Å². The number of aliphatic carboxylic acids is 3. The molecule has 0 aromatic heterocycles. The molecule has 0 aliphatic heterocycles. The average molecular weight is 511 g/mol. The van der Waals surface area contributed by atoms with Crippen LogP contribution in [0.25, 0.3) is 0 Å². The molecular weight excluding hydrogens is 505 g/mol.